The van der Waals surface area contributed by atoms with Gasteiger partial charge in [0.1, 0.15) is 0 Å². The molecule has 0 bridgehead atoms. The molecule has 1 amide bonds. The first-order valence-corrected chi connectivity index (χ1v) is 9.14. The monoisotopic (exact) mass is 458 g/mol. The van der Waals surface area contributed by atoms with Gasteiger partial charge in [-0.15, -0.1) is 0 Å². The number of amides is 1. The highest BCUT2D eigenvalue weighted by Crippen LogP contribution is 2.27. The van der Waals surface area contributed by atoms with Crippen LogP contribution >= 0.6 is 34.8 Å². The number of rotatable bonds is 3. The first kappa shape index (κ1) is 17.6. The van der Waals surface area contributed by atoms with Crippen molar-refractivity contribution in [3.05, 3.63) is 88.0 Å². The largest absolute Gasteiger partial charge is 0.332 e. The molecule has 0 aliphatic carbocycles. The Morgan fingerprint density at radius 3 is 2.36 bits per heavy atom. The van der Waals surface area contributed by atoms with Crippen molar-refractivity contribution in [3.63, 3.8) is 0 Å². The van der Waals surface area contributed by atoms with E-state index in [0.717, 1.165) is 20.4 Å². The summed E-state index contributed by atoms with van der Waals surface area (Å²) in [6, 6.07) is 25.2. The van der Waals surface area contributed by atoms with Crippen molar-refractivity contribution in [2.75, 3.05) is 5.32 Å². The highest BCUT2D eigenvalue weighted by atomic mass is 127. The molecule has 3 nitrogen and oxygen atoms in total. The second-order valence-corrected chi connectivity index (χ2v) is 6.98. The minimum atomic E-state index is -0.229. The number of carbonyl (C=O) groups is 1. The third kappa shape index (κ3) is 4.64. The average molecular weight is 458 g/mol. The number of hydrogen-bond acceptors (Lipinski definition) is 2. The molecule has 3 rings (SSSR count). The standard InChI is InChI=1S/C20H15IN2OS/c21-16-10-6-9-15(13-16)19(24)23-20(25)22-18-12-5-4-11-17(18)14-7-2-1-3-8-14/h1-13H,(H2,22,23,24,25). The number of hydrogen-bond donors (Lipinski definition) is 2. The van der Waals surface area contributed by atoms with E-state index < -0.39 is 0 Å². The van der Waals surface area contributed by atoms with Crippen LogP contribution in [0.1, 0.15) is 10.4 Å². The van der Waals surface area contributed by atoms with Crippen LogP contribution in [-0.4, -0.2) is 11.0 Å². The predicted octanol–water partition coefficient (Wildman–Crippen LogP) is 5.09. The quantitative estimate of drug-likeness (QED) is 0.425. The maximum atomic E-state index is 12.3. The second kappa shape index (κ2) is 8.22. The zero-order valence-corrected chi connectivity index (χ0v) is 16.2. The van der Waals surface area contributed by atoms with E-state index in [4.69, 9.17) is 12.2 Å². The molecular formula is C20H15IN2OS. The van der Waals surface area contributed by atoms with E-state index in [0.29, 0.717) is 5.56 Å². The summed E-state index contributed by atoms with van der Waals surface area (Å²) < 4.78 is 0.999. The Balaban J connectivity index is 1.75. The fraction of sp³-hybridized carbons (Fsp3) is 0. The molecule has 124 valence electrons. The fourth-order valence-corrected chi connectivity index (χ4v) is 3.17. The number of carbonyl (C=O) groups excluding carboxylic acids is 1. The van der Waals surface area contributed by atoms with Crippen LogP contribution in [0.2, 0.25) is 0 Å². The van der Waals surface area contributed by atoms with Gasteiger partial charge in [-0.25, -0.2) is 0 Å². The maximum Gasteiger partial charge on any atom is 0.257 e. The lowest BCUT2D eigenvalue weighted by atomic mass is 10.0. The van der Waals surface area contributed by atoms with Gasteiger partial charge in [0, 0.05) is 20.4 Å². The molecule has 5 heteroatoms. The van der Waals surface area contributed by atoms with Crippen molar-refractivity contribution < 1.29 is 4.79 Å². The van der Waals surface area contributed by atoms with E-state index in [1.807, 2.05) is 72.8 Å². The summed E-state index contributed by atoms with van der Waals surface area (Å²) in [4.78, 5) is 12.3. The van der Waals surface area contributed by atoms with E-state index >= 15 is 0 Å². The number of para-hydroxylation sites is 1. The summed E-state index contributed by atoms with van der Waals surface area (Å²) in [5.41, 5.74) is 3.53. The Kier molecular flexibility index (Phi) is 5.78. The molecule has 0 saturated heterocycles. The van der Waals surface area contributed by atoms with Crippen LogP contribution in [0.15, 0.2) is 78.9 Å². The molecule has 2 N–H and O–H groups in total. The Bertz CT molecular complexity index is 912. The Morgan fingerprint density at radius 1 is 0.880 bits per heavy atom. The Labute approximate surface area is 165 Å². The third-order valence-corrected chi connectivity index (χ3v) is 4.45. The number of halogens is 1. The highest BCUT2D eigenvalue weighted by Gasteiger charge is 2.10. The summed E-state index contributed by atoms with van der Waals surface area (Å²) in [7, 11) is 0. The van der Waals surface area contributed by atoms with Gasteiger partial charge >= 0.3 is 0 Å². The minimum Gasteiger partial charge on any atom is -0.332 e. The molecule has 0 aromatic heterocycles. The zero-order chi connectivity index (χ0) is 17.6. The first-order chi connectivity index (χ1) is 12.1. The normalized spacial score (nSPS) is 10.1. The van der Waals surface area contributed by atoms with Crippen LogP contribution in [0, 0.1) is 3.57 Å². The molecule has 3 aromatic rings. The zero-order valence-electron chi connectivity index (χ0n) is 13.2. The topological polar surface area (TPSA) is 41.1 Å². The lowest BCUT2D eigenvalue weighted by molar-refractivity contribution is 0.0977. The molecule has 0 fully saturated rings. The van der Waals surface area contributed by atoms with Gasteiger partial charge in [0.15, 0.2) is 5.11 Å². The molecule has 0 saturated carbocycles. The molecule has 0 radical (unpaired) electrons. The molecule has 0 atom stereocenters. The van der Waals surface area contributed by atoms with Crippen molar-refractivity contribution in [3.8, 4) is 11.1 Å². The number of benzene rings is 3. The van der Waals surface area contributed by atoms with Crippen molar-refractivity contribution >= 4 is 51.5 Å². The lowest BCUT2D eigenvalue weighted by Gasteiger charge is -2.14. The molecule has 25 heavy (non-hydrogen) atoms. The number of nitrogens with one attached hydrogen (secondary N) is 2. The highest BCUT2D eigenvalue weighted by molar-refractivity contribution is 14.1. The SMILES string of the molecule is O=C(NC(=S)Nc1ccccc1-c1ccccc1)c1cccc(I)c1. The van der Waals surface area contributed by atoms with Crippen LogP contribution in [0.25, 0.3) is 11.1 Å². The van der Waals surface area contributed by atoms with Crippen molar-refractivity contribution in [1.82, 2.24) is 5.32 Å². The maximum absolute atomic E-state index is 12.3. The van der Waals surface area contributed by atoms with Crippen molar-refractivity contribution in [2.45, 2.75) is 0 Å². The van der Waals surface area contributed by atoms with Crippen molar-refractivity contribution in [1.29, 1.82) is 0 Å². The Hall–Kier alpha value is -2.25. The van der Waals surface area contributed by atoms with Crippen molar-refractivity contribution in [2.24, 2.45) is 0 Å². The second-order valence-electron chi connectivity index (χ2n) is 5.33. The van der Waals surface area contributed by atoms with Crippen LogP contribution < -0.4 is 10.6 Å². The summed E-state index contributed by atoms with van der Waals surface area (Å²) in [5, 5.41) is 6.12. The lowest BCUT2D eigenvalue weighted by Crippen LogP contribution is -2.34. The molecular weight excluding hydrogens is 443 g/mol. The van der Waals surface area contributed by atoms with Gasteiger partial charge in [-0.05, 0) is 64.6 Å². The summed E-state index contributed by atoms with van der Waals surface area (Å²) in [6.45, 7) is 0. The molecule has 3 aromatic carbocycles. The van der Waals surface area contributed by atoms with E-state index in [9.17, 15) is 4.79 Å². The molecule has 0 aliphatic heterocycles. The average Bonchev–Trinajstić information content (AvgIpc) is 2.63. The summed E-state index contributed by atoms with van der Waals surface area (Å²) in [5.74, 6) is -0.229. The molecule has 0 unspecified atom stereocenters. The number of thiocarbonyl (C=S) groups is 1. The van der Waals surface area contributed by atoms with Gasteiger partial charge < -0.3 is 5.32 Å². The predicted molar refractivity (Wildman–Crippen MR) is 115 cm³/mol. The van der Waals surface area contributed by atoms with Crippen LogP contribution in [0.3, 0.4) is 0 Å². The van der Waals surface area contributed by atoms with Gasteiger partial charge in [0.2, 0.25) is 0 Å². The molecule has 0 aliphatic rings. The van der Waals surface area contributed by atoms with Crippen LogP contribution in [0.4, 0.5) is 5.69 Å². The first-order valence-electron chi connectivity index (χ1n) is 7.66. The molecule has 0 spiro atoms. The van der Waals surface area contributed by atoms with E-state index in [1.54, 1.807) is 6.07 Å². The van der Waals surface area contributed by atoms with Gasteiger partial charge in [-0.2, -0.15) is 0 Å². The minimum absolute atomic E-state index is 0.229. The fourth-order valence-electron chi connectivity index (χ4n) is 2.42. The van der Waals surface area contributed by atoms with E-state index in [2.05, 4.69) is 33.2 Å². The Morgan fingerprint density at radius 2 is 1.60 bits per heavy atom. The van der Waals surface area contributed by atoms with Gasteiger partial charge in [0.05, 0.1) is 0 Å². The number of anilines is 1. The smallest absolute Gasteiger partial charge is 0.257 e. The van der Waals surface area contributed by atoms with Gasteiger partial charge in [0.25, 0.3) is 5.91 Å². The van der Waals surface area contributed by atoms with Gasteiger partial charge in [-0.3, -0.25) is 10.1 Å². The van der Waals surface area contributed by atoms with E-state index in [1.165, 1.54) is 0 Å². The summed E-state index contributed by atoms with van der Waals surface area (Å²) >= 11 is 7.48. The van der Waals surface area contributed by atoms with Gasteiger partial charge in [-0.1, -0.05) is 54.6 Å². The van der Waals surface area contributed by atoms with E-state index in [-0.39, 0.29) is 11.0 Å². The summed E-state index contributed by atoms with van der Waals surface area (Å²) in [6.07, 6.45) is 0. The molecule has 0 heterocycles. The van der Waals surface area contributed by atoms with Crippen LogP contribution in [-0.2, 0) is 0 Å². The van der Waals surface area contributed by atoms with Crippen LogP contribution in [0.5, 0.6) is 0 Å². The third-order valence-electron chi connectivity index (χ3n) is 3.57.